The molecule has 7 heteroatoms. The predicted molar refractivity (Wildman–Crippen MR) is 81.1 cm³/mol. The van der Waals surface area contributed by atoms with Crippen molar-refractivity contribution in [2.45, 2.75) is 33.3 Å². The lowest BCUT2D eigenvalue weighted by atomic mass is 10.1. The minimum atomic E-state index is -0.683. The average molecular weight is 310 g/mol. The van der Waals surface area contributed by atoms with Gasteiger partial charge in [0.05, 0.1) is 11.0 Å². The van der Waals surface area contributed by atoms with Gasteiger partial charge in [-0.25, -0.2) is 9.18 Å². The van der Waals surface area contributed by atoms with Crippen LogP contribution in [0.4, 0.5) is 14.9 Å². The summed E-state index contributed by atoms with van der Waals surface area (Å²) in [6.07, 6.45) is 2.51. The van der Waals surface area contributed by atoms with Crippen molar-refractivity contribution >= 4 is 17.9 Å². The predicted octanol–water partition coefficient (Wildman–Crippen LogP) is 3.58. The first kappa shape index (κ1) is 17.6. The molecule has 0 radical (unpaired) electrons. The summed E-state index contributed by atoms with van der Waals surface area (Å²) in [5, 5.41) is 13.3. The van der Waals surface area contributed by atoms with Crippen LogP contribution >= 0.6 is 0 Å². The minimum absolute atomic E-state index is 0.165. The first-order valence-electron chi connectivity index (χ1n) is 6.68. The lowest BCUT2D eigenvalue weighted by molar-refractivity contribution is -0.385. The highest BCUT2D eigenvalue weighted by atomic mass is 19.1. The maximum absolute atomic E-state index is 13.4. The average Bonchev–Trinajstić information content (AvgIpc) is 2.35. The van der Waals surface area contributed by atoms with Crippen LogP contribution in [-0.4, -0.2) is 23.2 Å². The number of rotatable bonds is 4. The molecule has 0 fully saturated rings. The molecular formula is C15H19FN2O4. The number of nitro benzene ring substituents is 1. The van der Waals surface area contributed by atoms with Crippen molar-refractivity contribution in [1.29, 1.82) is 0 Å². The number of hydrogen-bond acceptors (Lipinski definition) is 4. The molecule has 120 valence electrons. The van der Waals surface area contributed by atoms with Gasteiger partial charge >= 0.3 is 6.09 Å². The van der Waals surface area contributed by atoms with E-state index in [0.717, 1.165) is 6.07 Å². The number of nitrogens with one attached hydrogen (secondary N) is 1. The Labute approximate surface area is 128 Å². The second-order valence-electron chi connectivity index (χ2n) is 5.68. The fourth-order valence-corrected chi connectivity index (χ4v) is 1.69. The summed E-state index contributed by atoms with van der Waals surface area (Å²) < 4.78 is 18.4. The number of amides is 1. The Morgan fingerprint density at radius 2 is 2.09 bits per heavy atom. The van der Waals surface area contributed by atoms with Gasteiger partial charge in [0.25, 0.3) is 5.69 Å². The second-order valence-corrected chi connectivity index (χ2v) is 5.68. The van der Waals surface area contributed by atoms with Crippen LogP contribution in [0.25, 0.3) is 6.08 Å². The summed E-state index contributed by atoms with van der Waals surface area (Å²) in [5.74, 6) is -0.683. The first-order chi connectivity index (χ1) is 10.1. The number of hydrogen-bond donors (Lipinski definition) is 1. The standard InChI is InChI=1S/C15H19FN2O4/c1-10-11(8-12(16)9-13(10)18(20)21)6-5-7-17-14(19)22-15(2,3)4/h5-6,8-9H,7H2,1-4H3,(H,17,19). The van der Waals surface area contributed by atoms with E-state index in [1.165, 1.54) is 12.1 Å². The molecule has 0 unspecified atom stereocenters. The SMILES string of the molecule is Cc1c(C=CCNC(=O)OC(C)(C)C)cc(F)cc1[N+](=O)[O-]. The summed E-state index contributed by atoms with van der Waals surface area (Å²) >= 11 is 0. The van der Waals surface area contributed by atoms with Crippen molar-refractivity contribution in [1.82, 2.24) is 5.32 Å². The molecule has 0 spiro atoms. The Bertz CT molecular complexity index is 606. The summed E-state index contributed by atoms with van der Waals surface area (Å²) in [4.78, 5) is 21.6. The summed E-state index contributed by atoms with van der Waals surface area (Å²) in [6.45, 7) is 6.95. The van der Waals surface area contributed by atoms with Gasteiger partial charge in [-0.2, -0.15) is 0 Å². The smallest absolute Gasteiger partial charge is 0.407 e. The van der Waals surface area contributed by atoms with Crippen molar-refractivity contribution < 1.29 is 18.8 Å². The maximum atomic E-state index is 13.4. The molecule has 0 aromatic heterocycles. The van der Waals surface area contributed by atoms with E-state index in [1.807, 2.05) is 0 Å². The fourth-order valence-electron chi connectivity index (χ4n) is 1.69. The number of ether oxygens (including phenoxy) is 1. The van der Waals surface area contributed by atoms with Gasteiger partial charge in [-0.1, -0.05) is 12.2 Å². The Morgan fingerprint density at radius 3 is 2.64 bits per heavy atom. The molecule has 1 aromatic carbocycles. The molecule has 1 rings (SSSR count). The molecule has 1 N–H and O–H groups in total. The quantitative estimate of drug-likeness (QED) is 0.680. The molecule has 22 heavy (non-hydrogen) atoms. The Morgan fingerprint density at radius 1 is 1.45 bits per heavy atom. The van der Waals surface area contributed by atoms with Crippen molar-refractivity contribution in [2.75, 3.05) is 6.54 Å². The van der Waals surface area contributed by atoms with Gasteiger partial charge in [-0.05, 0) is 39.3 Å². The third kappa shape index (κ3) is 5.51. The van der Waals surface area contributed by atoms with Crippen molar-refractivity contribution in [3.8, 4) is 0 Å². The van der Waals surface area contributed by atoms with Gasteiger partial charge in [-0.15, -0.1) is 0 Å². The number of nitrogens with zero attached hydrogens (tertiary/aromatic N) is 1. The normalized spacial score (nSPS) is 11.5. The zero-order chi connectivity index (χ0) is 16.9. The molecular weight excluding hydrogens is 291 g/mol. The second kappa shape index (κ2) is 7.02. The topological polar surface area (TPSA) is 81.5 Å². The Balaban J connectivity index is 2.72. The van der Waals surface area contributed by atoms with E-state index in [9.17, 15) is 19.3 Å². The number of nitro groups is 1. The highest BCUT2D eigenvalue weighted by Gasteiger charge is 2.16. The monoisotopic (exact) mass is 310 g/mol. The van der Waals surface area contributed by atoms with Gasteiger partial charge in [0.1, 0.15) is 11.4 Å². The van der Waals surface area contributed by atoms with E-state index in [4.69, 9.17) is 4.74 Å². The van der Waals surface area contributed by atoms with Gasteiger partial charge in [0.15, 0.2) is 0 Å². The lowest BCUT2D eigenvalue weighted by Crippen LogP contribution is -2.32. The largest absolute Gasteiger partial charge is 0.444 e. The summed E-state index contributed by atoms with van der Waals surface area (Å²) in [7, 11) is 0. The molecule has 0 saturated carbocycles. The molecule has 6 nitrogen and oxygen atoms in total. The molecule has 0 aliphatic carbocycles. The van der Waals surface area contributed by atoms with Gasteiger partial charge < -0.3 is 10.1 Å². The van der Waals surface area contributed by atoms with Crippen LogP contribution < -0.4 is 5.32 Å². The van der Waals surface area contributed by atoms with Crippen molar-refractivity contribution in [3.05, 3.63) is 45.3 Å². The zero-order valence-electron chi connectivity index (χ0n) is 13.0. The Hall–Kier alpha value is -2.44. The molecule has 0 bridgehead atoms. The van der Waals surface area contributed by atoms with E-state index in [0.29, 0.717) is 11.1 Å². The minimum Gasteiger partial charge on any atom is -0.444 e. The van der Waals surface area contributed by atoms with Gasteiger partial charge in [0, 0.05) is 12.1 Å². The van der Waals surface area contributed by atoms with Crippen molar-refractivity contribution in [3.63, 3.8) is 0 Å². The molecule has 1 aromatic rings. The summed E-state index contributed by atoms with van der Waals surface area (Å²) in [6, 6.07) is 2.08. The third-order valence-corrected chi connectivity index (χ3v) is 2.64. The molecule has 1 amide bonds. The van der Waals surface area contributed by atoms with E-state index >= 15 is 0 Å². The van der Waals surface area contributed by atoms with E-state index in [1.54, 1.807) is 33.8 Å². The van der Waals surface area contributed by atoms with Crippen LogP contribution in [-0.2, 0) is 4.74 Å². The van der Waals surface area contributed by atoms with Crippen LogP contribution in [0.2, 0.25) is 0 Å². The van der Waals surface area contributed by atoms with E-state index < -0.39 is 22.4 Å². The van der Waals surface area contributed by atoms with Crippen LogP contribution in [0.5, 0.6) is 0 Å². The molecule has 0 saturated heterocycles. The first-order valence-corrected chi connectivity index (χ1v) is 6.68. The number of benzene rings is 1. The zero-order valence-corrected chi connectivity index (χ0v) is 13.0. The highest BCUT2D eigenvalue weighted by molar-refractivity contribution is 5.68. The highest BCUT2D eigenvalue weighted by Crippen LogP contribution is 2.24. The molecule has 0 aliphatic heterocycles. The fraction of sp³-hybridized carbons (Fsp3) is 0.400. The molecule has 0 aliphatic rings. The van der Waals surface area contributed by atoms with Crippen LogP contribution in [0.1, 0.15) is 31.9 Å². The van der Waals surface area contributed by atoms with Gasteiger partial charge in [-0.3, -0.25) is 10.1 Å². The van der Waals surface area contributed by atoms with Crippen LogP contribution in [0, 0.1) is 22.9 Å². The molecule has 0 atom stereocenters. The molecule has 0 heterocycles. The lowest BCUT2D eigenvalue weighted by Gasteiger charge is -2.19. The van der Waals surface area contributed by atoms with E-state index in [-0.39, 0.29) is 12.2 Å². The Kier molecular flexibility index (Phi) is 5.62. The third-order valence-electron chi connectivity index (χ3n) is 2.64. The van der Waals surface area contributed by atoms with Crippen LogP contribution in [0.3, 0.4) is 0 Å². The van der Waals surface area contributed by atoms with Crippen LogP contribution in [0.15, 0.2) is 18.2 Å². The number of alkyl carbamates (subject to hydrolysis) is 1. The number of halogens is 1. The maximum Gasteiger partial charge on any atom is 0.407 e. The van der Waals surface area contributed by atoms with Gasteiger partial charge in [0.2, 0.25) is 0 Å². The summed E-state index contributed by atoms with van der Waals surface area (Å²) in [5.41, 5.74) is -0.120. The van der Waals surface area contributed by atoms with E-state index in [2.05, 4.69) is 5.32 Å². The number of carbonyl (C=O) groups excluding carboxylic acids is 1. The van der Waals surface area contributed by atoms with Crippen molar-refractivity contribution in [2.24, 2.45) is 0 Å². The number of carbonyl (C=O) groups is 1.